The van der Waals surface area contributed by atoms with E-state index in [-0.39, 0.29) is 6.61 Å². The van der Waals surface area contributed by atoms with Crippen molar-refractivity contribution >= 4 is 11.3 Å². The maximum atomic E-state index is 8.83. The Morgan fingerprint density at radius 3 is 3.00 bits per heavy atom. The van der Waals surface area contributed by atoms with Gasteiger partial charge in [-0.15, -0.1) is 11.3 Å². The Labute approximate surface area is 111 Å². The Hall–Kier alpha value is -1.17. The monoisotopic (exact) mass is 266 g/mol. The van der Waals surface area contributed by atoms with E-state index in [1.807, 2.05) is 25.3 Å². The van der Waals surface area contributed by atoms with Gasteiger partial charge in [0.25, 0.3) is 0 Å². The third-order valence-electron chi connectivity index (χ3n) is 2.69. The molecule has 0 amide bonds. The summed E-state index contributed by atoms with van der Waals surface area (Å²) in [6.07, 6.45) is 2.64. The maximum Gasteiger partial charge on any atom is 0.162 e. The number of rotatable bonds is 6. The summed E-state index contributed by atoms with van der Waals surface area (Å²) in [5.74, 6) is 1.73. The average molecular weight is 266 g/mol. The largest absolute Gasteiger partial charge is 0.459 e. The van der Waals surface area contributed by atoms with Gasteiger partial charge in [0.15, 0.2) is 10.8 Å². The van der Waals surface area contributed by atoms with Crippen molar-refractivity contribution in [3.63, 3.8) is 0 Å². The molecule has 0 bridgehead atoms. The van der Waals surface area contributed by atoms with Gasteiger partial charge >= 0.3 is 0 Å². The molecule has 1 unspecified atom stereocenters. The molecular weight excluding hydrogens is 248 g/mol. The highest BCUT2D eigenvalue weighted by molar-refractivity contribution is 7.14. The molecule has 2 aromatic rings. The van der Waals surface area contributed by atoms with E-state index in [9.17, 15) is 0 Å². The molecular formula is C13H18N2O2S. The molecule has 1 atom stereocenters. The van der Waals surface area contributed by atoms with E-state index in [1.54, 1.807) is 11.3 Å². The zero-order valence-corrected chi connectivity index (χ0v) is 11.5. The van der Waals surface area contributed by atoms with Crippen LogP contribution in [0.25, 0.3) is 10.8 Å². The lowest BCUT2D eigenvalue weighted by Gasteiger charge is -2.10. The van der Waals surface area contributed by atoms with Crippen LogP contribution < -0.4 is 5.32 Å². The number of nitrogens with zero attached hydrogens (tertiary/aromatic N) is 1. The molecule has 0 saturated heterocycles. The van der Waals surface area contributed by atoms with Gasteiger partial charge in [-0.3, -0.25) is 0 Å². The highest BCUT2D eigenvalue weighted by Gasteiger charge is 2.09. The molecule has 0 aliphatic carbocycles. The molecule has 2 heterocycles. The maximum absolute atomic E-state index is 8.83. The second-order valence-electron chi connectivity index (χ2n) is 4.34. The second-order valence-corrected chi connectivity index (χ2v) is 5.45. The van der Waals surface area contributed by atoms with Crippen LogP contribution in [0, 0.1) is 6.92 Å². The summed E-state index contributed by atoms with van der Waals surface area (Å²) in [6, 6.07) is 4.20. The normalized spacial score (nSPS) is 12.8. The van der Waals surface area contributed by atoms with E-state index in [2.05, 4.69) is 17.2 Å². The van der Waals surface area contributed by atoms with Gasteiger partial charge in [0.05, 0.1) is 0 Å². The number of aryl methyl sites for hydroxylation is 1. The Kier molecular flexibility index (Phi) is 4.52. The molecule has 18 heavy (non-hydrogen) atoms. The molecule has 0 aromatic carbocycles. The van der Waals surface area contributed by atoms with Crippen LogP contribution in [0.5, 0.6) is 0 Å². The number of aliphatic hydroxyl groups excluding tert-OH is 1. The number of hydrogen-bond acceptors (Lipinski definition) is 5. The third kappa shape index (κ3) is 3.41. The number of aliphatic hydroxyl groups is 1. The van der Waals surface area contributed by atoms with Crippen molar-refractivity contribution in [1.82, 2.24) is 10.3 Å². The van der Waals surface area contributed by atoms with Crippen LogP contribution >= 0.6 is 11.3 Å². The Morgan fingerprint density at radius 1 is 1.50 bits per heavy atom. The molecule has 0 fully saturated rings. The smallest absolute Gasteiger partial charge is 0.162 e. The van der Waals surface area contributed by atoms with Crippen molar-refractivity contribution in [2.24, 2.45) is 0 Å². The van der Waals surface area contributed by atoms with Gasteiger partial charge in [-0.25, -0.2) is 4.98 Å². The summed E-state index contributed by atoms with van der Waals surface area (Å²) in [7, 11) is 0. The SMILES string of the molecule is Cc1ccc(-c2ncc(CNC(C)CCO)s2)o1. The molecule has 0 spiro atoms. The van der Waals surface area contributed by atoms with E-state index >= 15 is 0 Å². The van der Waals surface area contributed by atoms with Crippen molar-refractivity contribution in [2.45, 2.75) is 32.9 Å². The Morgan fingerprint density at radius 2 is 2.33 bits per heavy atom. The van der Waals surface area contributed by atoms with Crippen molar-refractivity contribution < 1.29 is 9.52 Å². The zero-order chi connectivity index (χ0) is 13.0. The minimum Gasteiger partial charge on any atom is -0.459 e. The summed E-state index contributed by atoms with van der Waals surface area (Å²) in [5.41, 5.74) is 0. The van der Waals surface area contributed by atoms with Crippen LogP contribution in [0.4, 0.5) is 0 Å². The van der Waals surface area contributed by atoms with Gasteiger partial charge in [-0.05, 0) is 32.4 Å². The van der Waals surface area contributed by atoms with Crippen LogP contribution in [0.2, 0.25) is 0 Å². The molecule has 2 rings (SSSR count). The molecule has 0 radical (unpaired) electrons. The lowest BCUT2D eigenvalue weighted by molar-refractivity contribution is 0.269. The first kappa shape index (κ1) is 13.3. The molecule has 4 nitrogen and oxygen atoms in total. The first-order valence-electron chi connectivity index (χ1n) is 6.05. The zero-order valence-electron chi connectivity index (χ0n) is 10.6. The lowest BCUT2D eigenvalue weighted by Crippen LogP contribution is -2.25. The summed E-state index contributed by atoms with van der Waals surface area (Å²) < 4.78 is 5.54. The van der Waals surface area contributed by atoms with Gasteiger partial charge in [0.2, 0.25) is 0 Å². The molecule has 0 saturated carbocycles. The molecule has 2 aromatic heterocycles. The van der Waals surface area contributed by atoms with Gasteiger partial charge in [-0.1, -0.05) is 0 Å². The Balaban J connectivity index is 1.94. The number of furan rings is 1. The van der Waals surface area contributed by atoms with Crippen LogP contribution in [-0.4, -0.2) is 22.7 Å². The molecule has 2 N–H and O–H groups in total. The van der Waals surface area contributed by atoms with E-state index in [0.717, 1.165) is 29.5 Å². The summed E-state index contributed by atoms with van der Waals surface area (Å²) in [4.78, 5) is 5.53. The fraction of sp³-hybridized carbons (Fsp3) is 0.462. The van der Waals surface area contributed by atoms with Gasteiger partial charge < -0.3 is 14.8 Å². The fourth-order valence-corrected chi connectivity index (χ4v) is 2.45. The fourth-order valence-electron chi connectivity index (χ4n) is 1.62. The lowest BCUT2D eigenvalue weighted by atomic mass is 10.2. The summed E-state index contributed by atoms with van der Waals surface area (Å²) >= 11 is 1.63. The van der Waals surface area contributed by atoms with Gasteiger partial charge in [-0.2, -0.15) is 0 Å². The number of nitrogens with one attached hydrogen (secondary N) is 1. The molecule has 0 aliphatic heterocycles. The highest BCUT2D eigenvalue weighted by atomic mass is 32.1. The van der Waals surface area contributed by atoms with Crippen molar-refractivity contribution in [3.8, 4) is 10.8 Å². The molecule has 0 aliphatic rings. The first-order valence-corrected chi connectivity index (χ1v) is 6.86. The number of aromatic nitrogens is 1. The van der Waals surface area contributed by atoms with Crippen LogP contribution in [0.15, 0.2) is 22.7 Å². The quantitative estimate of drug-likeness (QED) is 0.843. The standard InChI is InChI=1S/C13H18N2O2S/c1-9(5-6-16)14-7-11-8-15-13(18-11)12-4-3-10(2)17-12/h3-4,8-9,14,16H,5-7H2,1-2H3. The van der Waals surface area contributed by atoms with E-state index in [0.29, 0.717) is 6.04 Å². The topological polar surface area (TPSA) is 58.3 Å². The van der Waals surface area contributed by atoms with E-state index < -0.39 is 0 Å². The predicted octanol–water partition coefficient (Wildman–Crippen LogP) is 2.57. The van der Waals surface area contributed by atoms with Crippen LogP contribution in [0.1, 0.15) is 24.0 Å². The average Bonchev–Trinajstić information content (AvgIpc) is 2.95. The molecule has 98 valence electrons. The summed E-state index contributed by atoms with van der Waals surface area (Å²) in [6.45, 7) is 4.98. The minimum absolute atomic E-state index is 0.216. The first-order chi connectivity index (χ1) is 8.69. The predicted molar refractivity (Wildman–Crippen MR) is 72.6 cm³/mol. The van der Waals surface area contributed by atoms with Crippen LogP contribution in [-0.2, 0) is 6.54 Å². The van der Waals surface area contributed by atoms with Crippen LogP contribution in [0.3, 0.4) is 0 Å². The van der Waals surface area contributed by atoms with Gasteiger partial charge in [0, 0.05) is 30.3 Å². The second kappa shape index (κ2) is 6.13. The molecule has 5 heteroatoms. The summed E-state index contributed by atoms with van der Waals surface area (Å²) in [5, 5.41) is 13.1. The minimum atomic E-state index is 0.216. The van der Waals surface area contributed by atoms with Crippen molar-refractivity contribution in [3.05, 3.63) is 29.0 Å². The van der Waals surface area contributed by atoms with E-state index in [1.165, 1.54) is 4.88 Å². The van der Waals surface area contributed by atoms with E-state index in [4.69, 9.17) is 9.52 Å². The number of thiazole rings is 1. The number of hydrogen-bond donors (Lipinski definition) is 2. The van der Waals surface area contributed by atoms with Gasteiger partial charge in [0.1, 0.15) is 5.76 Å². The van der Waals surface area contributed by atoms with Crippen molar-refractivity contribution in [2.75, 3.05) is 6.61 Å². The van der Waals surface area contributed by atoms with Crippen molar-refractivity contribution in [1.29, 1.82) is 0 Å². The third-order valence-corrected chi connectivity index (χ3v) is 3.70. The highest BCUT2D eigenvalue weighted by Crippen LogP contribution is 2.26. The Bertz CT molecular complexity index is 493.